The highest BCUT2D eigenvalue weighted by molar-refractivity contribution is 5.71. The van der Waals surface area contributed by atoms with E-state index in [1.54, 1.807) is 0 Å². The third-order valence-electron chi connectivity index (χ3n) is 3.29. The summed E-state index contributed by atoms with van der Waals surface area (Å²) in [5.74, 6) is -0.165. The third-order valence-corrected chi connectivity index (χ3v) is 3.29. The molecule has 1 saturated carbocycles. The molecule has 0 N–H and O–H groups in total. The first-order valence-electron chi connectivity index (χ1n) is 7.08. The molecule has 1 fully saturated rings. The van der Waals surface area contributed by atoms with Gasteiger partial charge in [-0.05, 0) is 31.2 Å². The van der Waals surface area contributed by atoms with Crippen LogP contribution in [-0.4, -0.2) is 18.7 Å². The fraction of sp³-hybridized carbons (Fsp3) is 0.562. The predicted octanol–water partition coefficient (Wildman–Crippen LogP) is 3.33. The van der Waals surface area contributed by atoms with E-state index in [4.69, 9.17) is 9.47 Å². The van der Waals surface area contributed by atoms with E-state index >= 15 is 0 Å². The van der Waals surface area contributed by atoms with Crippen LogP contribution >= 0.6 is 0 Å². The molecule has 3 heteroatoms. The van der Waals surface area contributed by atoms with Crippen molar-refractivity contribution in [2.75, 3.05) is 6.61 Å². The zero-order chi connectivity index (χ0) is 13.5. The van der Waals surface area contributed by atoms with Crippen molar-refractivity contribution in [1.82, 2.24) is 0 Å². The summed E-state index contributed by atoms with van der Waals surface area (Å²) in [5, 5.41) is 0. The molecule has 1 unspecified atom stereocenters. The van der Waals surface area contributed by atoms with Gasteiger partial charge in [-0.3, -0.25) is 4.79 Å². The summed E-state index contributed by atoms with van der Waals surface area (Å²) < 4.78 is 10.9. The maximum atomic E-state index is 11.8. The van der Waals surface area contributed by atoms with Gasteiger partial charge in [0, 0.05) is 6.61 Å². The van der Waals surface area contributed by atoms with Gasteiger partial charge in [-0.2, -0.15) is 0 Å². The lowest BCUT2D eigenvalue weighted by atomic mass is 10.1. The average molecular weight is 262 g/mol. The predicted molar refractivity (Wildman–Crippen MR) is 73.6 cm³/mol. The quantitative estimate of drug-likeness (QED) is 0.532. The van der Waals surface area contributed by atoms with Gasteiger partial charge in [0.15, 0.2) is 0 Å². The molecule has 0 heterocycles. The van der Waals surface area contributed by atoms with Crippen LogP contribution in [0.3, 0.4) is 0 Å². The Morgan fingerprint density at radius 3 is 2.74 bits per heavy atom. The molecule has 104 valence electrons. The number of carbonyl (C=O) groups is 1. The van der Waals surface area contributed by atoms with Crippen LogP contribution in [0, 0.1) is 5.92 Å². The van der Waals surface area contributed by atoms with Gasteiger partial charge < -0.3 is 9.47 Å². The maximum absolute atomic E-state index is 11.8. The first-order chi connectivity index (χ1) is 9.25. The molecule has 1 aliphatic rings. The second-order valence-corrected chi connectivity index (χ2v) is 5.21. The molecule has 0 bridgehead atoms. The number of carbonyl (C=O) groups excluding carboxylic acids is 1. The van der Waals surface area contributed by atoms with Crippen LogP contribution in [-0.2, 0) is 20.9 Å². The number of esters is 1. The largest absolute Gasteiger partial charge is 0.461 e. The molecule has 0 aromatic heterocycles. The molecule has 2 rings (SSSR count). The van der Waals surface area contributed by atoms with Crippen LogP contribution in [0.2, 0.25) is 0 Å². The van der Waals surface area contributed by atoms with E-state index in [1.807, 2.05) is 37.3 Å². The first kappa shape index (κ1) is 14.1. The van der Waals surface area contributed by atoms with Crippen LogP contribution in [0.5, 0.6) is 0 Å². The van der Waals surface area contributed by atoms with Crippen molar-refractivity contribution in [2.45, 2.75) is 45.3 Å². The van der Waals surface area contributed by atoms with Crippen LogP contribution in [0.1, 0.15) is 38.2 Å². The Morgan fingerprint density at radius 2 is 2.05 bits per heavy atom. The van der Waals surface area contributed by atoms with Crippen molar-refractivity contribution >= 4 is 5.97 Å². The van der Waals surface area contributed by atoms with Gasteiger partial charge in [0.1, 0.15) is 6.61 Å². The number of rotatable bonds is 8. The van der Waals surface area contributed by atoms with E-state index in [0.29, 0.717) is 12.7 Å². The minimum atomic E-state index is -0.115. The van der Waals surface area contributed by atoms with Gasteiger partial charge in [0.25, 0.3) is 0 Å². The topological polar surface area (TPSA) is 35.5 Å². The van der Waals surface area contributed by atoms with Gasteiger partial charge in [-0.15, -0.1) is 0 Å². The van der Waals surface area contributed by atoms with E-state index in [0.717, 1.165) is 25.0 Å². The van der Waals surface area contributed by atoms with E-state index in [1.165, 1.54) is 12.8 Å². The summed E-state index contributed by atoms with van der Waals surface area (Å²) >= 11 is 0. The molecule has 0 aliphatic heterocycles. The van der Waals surface area contributed by atoms with Crippen molar-refractivity contribution in [3.8, 4) is 0 Å². The monoisotopic (exact) mass is 262 g/mol. The van der Waals surface area contributed by atoms with Crippen molar-refractivity contribution in [1.29, 1.82) is 0 Å². The summed E-state index contributed by atoms with van der Waals surface area (Å²) in [5.41, 5.74) is 1.03. The molecule has 1 aromatic carbocycles. The van der Waals surface area contributed by atoms with E-state index in [2.05, 4.69) is 0 Å². The van der Waals surface area contributed by atoms with E-state index in [-0.39, 0.29) is 11.9 Å². The van der Waals surface area contributed by atoms with Crippen molar-refractivity contribution in [2.24, 2.45) is 5.92 Å². The SMILES string of the molecule is CC(CCCOC1CC1)C(=O)OCc1ccccc1. The molecule has 0 radical (unpaired) electrons. The molecule has 1 aliphatic carbocycles. The molecular formula is C16H22O3. The zero-order valence-electron chi connectivity index (χ0n) is 11.5. The average Bonchev–Trinajstić information content (AvgIpc) is 3.26. The molecular weight excluding hydrogens is 240 g/mol. The summed E-state index contributed by atoms with van der Waals surface area (Å²) in [6.07, 6.45) is 4.67. The van der Waals surface area contributed by atoms with Crippen LogP contribution in [0.15, 0.2) is 30.3 Å². The molecule has 1 aromatic rings. The second-order valence-electron chi connectivity index (χ2n) is 5.21. The number of hydrogen-bond donors (Lipinski definition) is 0. The van der Waals surface area contributed by atoms with Crippen LogP contribution in [0.25, 0.3) is 0 Å². The zero-order valence-corrected chi connectivity index (χ0v) is 11.5. The van der Waals surface area contributed by atoms with Crippen LogP contribution in [0.4, 0.5) is 0 Å². The van der Waals surface area contributed by atoms with Crippen molar-refractivity contribution in [3.63, 3.8) is 0 Å². The summed E-state index contributed by atoms with van der Waals surface area (Å²) in [6, 6.07) is 9.76. The summed E-state index contributed by atoms with van der Waals surface area (Å²) in [7, 11) is 0. The first-order valence-corrected chi connectivity index (χ1v) is 7.08. The Hall–Kier alpha value is -1.35. The summed E-state index contributed by atoms with van der Waals surface area (Å²) in [4.78, 5) is 11.8. The molecule has 0 saturated heterocycles. The van der Waals surface area contributed by atoms with Gasteiger partial charge in [-0.1, -0.05) is 37.3 Å². The fourth-order valence-electron chi connectivity index (χ4n) is 1.86. The molecule has 19 heavy (non-hydrogen) atoms. The molecule has 1 atom stereocenters. The Morgan fingerprint density at radius 1 is 1.32 bits per heavy atom. The fourth-order valence-corrected chi connectivity index (χ4v) is 1.86. The maximum Gasteiger partial charge on any atom is 0.308 e. The van der Waals surface area contributed by atoms with Gasteiger partial charge >= 0.3 is 5.97 Å². The molecule has 3 nitrogen and oxygen atoms in total. The Balaban J connectivity index is 1.58. The number of ether oxygens (including phenoxy) is 2. The van der Waals surface area contributed by atoms with Gasteiger partial charge in [-0.25, -0.2) is 0 Å². The molecule has 0 amide bonds. The van der Waals surface area contributed by atoms with Crippen LogP contribution < -0.4 is 0 Å². The highest BCUT2D eigenvalue weighted by Crippen LogP contribution is 2.23. The molecule has 0 spiro atoms. The lowest BCUT2D eigenvalue weighted by Gasteiger charge is -2.11. The third kappa shape index (κ3) is 5.43. The van der Waals surface area contributed by atoms with E-state index in [9.17, 15) is 4.79 Å². The standard InChI is InChI=1S/C16H22O3/c1-13(6-5-11-18-15-9-10-15)16(17)19-12-14-7-3-2-4-8-14/h2-4,7-8,13,15H,5-6,9-12H2,1H3. The summed E-state index contributed by atoms with van der Waals surface area (Å²) in [6.45, 7) is 3.05. The normalized spacial score (nSPS) is 16.1. The second kappa shape index (κ2) is 7.29. The highest BCUT2D eigenvalue weighted by atomic mass is 16.5. The number of hydrogen-bond acceptors (Lipinski definition) is 3. The highest BCUT2D eigenvalue weighted by Gasteiger charge is 2.22. The minimum Gasteiger partial charge on any atom is -0.461 e. The smallest absolute Gasteiger partial charge is 0.308 e. The van der Waals surface area contributed by atoms with Gasteiger partial charge in [0.2, 0.25) is 0 Å². The van der Waals surface area contributed by atoms with E-state index < -0.39 is 0 Å². The van der Waals surface area contributed by atoms with Crippen molar-refractivity contribution < 1.29 is 14.3 Å². The Kier molecular flexibility index (Phi) is 5.40. The minimum absolute atomic E-state index is 0.0495. The Labute approximate surface area is 114 Å². The van der Waals surface area contributed by atoms with Crippen molar-refractivity contribution in [3.05, 3.63) is 35.9 Å². The lowest BCUT2D eigenvalue weighted by molar-refractivity contribution is -0.149. The lowest BCUT2D eigenvalue weighted by Crippen LogP contribution is -2.15. The van der Waals surface area contributed by atoms with Gasteiger partial charge in [0.05, 0.1) is 12.0 Å². The number of benzene rings is 1. The Bertz CT molecular complexity index is 384.